The number of carbonyl (C=O) groups is 2. The number of nitrogens with one attached hydrogen (secondary N) is 2. The fraction of sp³-hybridized carbons (Fsp3) is 0.167. The van der Waals surface area contributed by atoms with Crippen LogP contribution in [0.15, 0.2) is 53.0 Å². The van der Waals surface area contributed by atoms with Gasteiger partial charge in [0, 0.05) is 27.5 Å². The van der Waals surface area contributed by atoms with Crippen LogP contribution in [0.1, 0.15) is 17.9 Å². The minimum Gasteiger partial charge on any atom is -0.325 e. The Morgan fingerprint density at radius 3 is 2.56 bits per heavy atom. The number of carbonyl (C=O) groups excluding carboxylic acids is 2. The topological polar surface area (TPSA) is 58.2 Å². The third-order valence-electron chi connectivity index (χ3n) is 4.05. The van der Waals surface area contributed by atoms with Gasteiger partial charge in [0.25, 0.3) is 0 Å². The van der Waals surface area contributed by atoms with Crippen LogP contribution in [0.4, 0.5) is 5.69 Å². The molecule has 128 valence electrons. The molecular weight excluding hydrogens is 424 g/mol. The number of hydrogen-bond acceptors (Lipinski definition) is 3. The molecule has 1 aliphatic heterocycles. The Hall–Kier alpha value is -1.76. The predicted octanol–water partition coefficient (Wildman–Crippen LogP) is 4.29. The van der Waals surface area contributed by atoms with E-state index in [2.05, 4.69) is 26.6 Å². The molecule has 0 saturated carbocycles. The first-order valence-corrected chi connectivity index (χ1v) is 9.18. The molecule has 0 aliphatic carbocycles. The molecule has 0 spiro atoms. The highest BCUT2D eigenvalue weighted by atomic mass is 79.9. The summed E-state index contributed by atoms with van der Waals surface area (Å²) in [6.45, 7) is 0. The van der Waals surface area contributed by atoms with Crippen molar-refractivity contribution in [2.75, 3.05) is 5.32 Å². The van der Waals surface area contributed by atoms with Crippen molar-refractivity contribution in [3.05, 3.63) is 63.6 Å². The number of rotatable bonds is 3. The molecule has 0 bridgehead atoms. The van der Waals surface area contributed by atoms with E-state index < -0.39 is 11.8 Å². The van der Waals surface area contributed by atoms with Crippen LogP contribution in [0.25, 0.3) is 0 Å². The monoisotopic (exact) mass is 436 g/mol. The molecule has 7 heteroatoms. The highest BCUT2D eigenvalue weighted by Gasteiger charge is 2.39. The van der Waals surface area contributed by atoms with Crippen molar-refractivity contribution in [1.29, 1.82) is 0 Å². The summed E-state index contributed by atoms with van der Waals surface area (Å²) in [6.07, 6.45) is 0.155. The lowest BCUT2D eigenvalue weighted by Gasteiger charge is -2.32. The van der Waals surface area contributed by atoms with Crippen molar-refractivity contribution in [1.82, 2.24) is 5.32 Å². The molecule has 0 radical (unpaired) electrons. The van der Waals surface area contributed by atoms with E-state index in [0.717, 1.165) is 10.0 Å². The SMILES string of the molecule is O=C1CC(c2ccccc2Cl)C(C(=O)Nc2ccc(Br)cc2)C(=S)N1. The second-order valence-electron chi connectivity index (χ2n) is 5.72. The lowest BCUT2D eigenvalue weighted by Crippen LogP contribution is -2.48. The summed E-state index contributed by atoms with van der Waals surface area (Å²) in [5.74, 6) is -1.54. The highest BCUT2D eigenvalue weighted by Crippen LogP contribution is 2.36. The van der Waals surface area contributed by atoms with Gasteiger partial charge in [0.05, 0.1) is 10.9 Å². The molecule has 2 unspecified atom stereocenters. The van der Waals surface area contributed by atoms with E-state index in [0.29, 0.717) is 10.7 Å². The largest absolute Gasteiger partial charge is 0.325 e. The van der Waals surface area contributed by atoms with Gasteiger partial charge >= 0.3 is 0 Å². The average molecular weight is 438 g/mol. The number of hydrogen-bond donors (Lipinski definition) is 2. The summed E-state index contributed by atoms with van der Waals surface area (Å²) in [6, 6.07) is 14.5. The van der Waals surface area contributed by atoms with Gasteiger partial charge in [-0.15, -0.1) is 0 Å². The van der Waals surface area contributed by atoms with Gasteiger partial charge < -0.3 is 10.6 Å². The maximum Gasteiger partial charge on any atom is 0.234 e. The normalized spacial score (nSPS) is 20.1. The lowest BCUT2D eigenvalue weighted by molar-refractivity contribution is -0.123. The summed E-state index contributed by atoms with van der Waals surface area (Å²) in [5, 5.41) is 5.99. The van der Waals surface area contributed by atoms with E-state index in [1.165, 1.54) is 0 Å². The molecule has 25 heavy (non-hydrogen) atoms. The number of amides is 2. The van der Waals surface area contributed by atoms with Crippen molar-refractivity contribution in [2.45, 2.75) is 12.3 Å². The van der Waals surface area contributed by atoms with Crippen molar-refractivity contribution >= 4 is 62.2 Å². The molecule has 4 nitrogen and oxygen atoms in total. The summed E-state index contributed by atoms with van der Waals surface area (Å²) < 4.78 is 0.917. The van der Waals surface area contributed by atoms with Crippen LogP contribution >= 0.6 is 39.7 Å². The standard InChI is InChI=1S/C18H14BrClN2O2S/c19-10-5-7-11(8-6-10)21-17(24)16-13(9-15(23)22-18(16)25)12-3-1-2-4-14(12)20/h1-8,13,16H,9H2,(H,21,24)(H,22,23,25). The van der Waals surface area contributed by atoms with Gasteiger partial charge in [-0.2, -0.15) is 0 Å². The van der Waals surface area contributed by atoms with Gasteiger partial charge in [0.15, 0.2) is 0 Å². The molecule has 3 rings (SSSR count). The maximum atomic E-state index is 12.9. The minimum absolute atomic E-state index is 0.155. The second kappa shape index (κ2) is 7.64. The van der Waals surface area contributed by atoms with Crippen LogP contribution in [0.2, 0.25) is 5.02 Å². The molecule has 2 atom stereocenters. The Morgan fingerprint density at radius 2 is 1.88 bits per heavy atom. The lowest BCUT2D eigenvalue weighted by atomic mass is 9.80. The Balaban J connectivity index is 1.91. The fourth-order valence-electron chi connectivity index (χ4n) is 2.89. The van der Waals surface area contributed by atoms with Crippen LogP contribution < -0.4 is 10.6 Å². The first kappa shape index (κ1) is 18.0. The van der Waals surface area contributed by atoms with Gasteiger partial charge in [-0.3, -0.25) is 9.59 Å². The summed E-state index contributed by atoms with van der Waals surface area (Å²) >= 11 is 14.9. The molecule has 0 aromatic heterocycles. The summed E-state index contributed by atoms with van der Waals surface area (Å²) in [4.78, 5) is 25.0. The first-order valence-electron chi connectivity index (χ1n) is 7.60. The predicted molar refractivity (Wildman–Crippen MR) is 106 cm³/mol. The fourth-order valence-corrected chi connectivity index (χ4v) is 3.81. The number of piperidine rings is 1. The smallest absolute Gasteiger partial charge is 0.234 e. The summed E-state index contributed by atoms with van der Waals surface area (Å²) in [5.41, 5.74) is 1.41. The second-order valence-corrected chi connectivity index (χ2v) is 7.48. The third kappa shape index (κ3) is 4.08. The highest BCUT2D eigenvalue weighted by molar-refractivity contribution is 9.10. The third-order valence-corrected chi connectivity index (χ3v) is 5.28. The Bertz CT molecular complexity index is 841. The molecule has 1 heterocycles. The van der Waals surface area contributed by atoms with E-state index in [4.69, 9.17) is 23.8 Å². The number of anilines is 1. The number of thiocarbonyl (C=S) groups is 1. The van der Waals surface area contributed by atoms with E-state index in [-0.39, 0.29) is 23.2 Å². The quantitative estimate of drug-likeness (QED) is 0.704. The van der Waals surface area contributed by atoms with Crippen molar-refractivity contribution < 1.29 is 9.59 Å². The molecule has 2 aromatic rings. The van der Waals surface area contributed by atoms with Crippen LogP contribution in [-0.4, -0.2) is 16.8 Å². The number of halogens is 2. The number of benzene rings is 2. The average Bonchev–Trinajstić information content (AvgIpc) is 2.56. The zero-order chi connectivity index (χ0) is 18.0. The van der Waals surface area contributed by atoms with Crippen molar-refractivity contribution in [2.24, 2.45) is 5.92 Å². The molecular formula is C18H14BrClN2O2S. The zero-order valence-electron chi connectivity index (χ0n) is 13.0. The van der Waals surface area contributed by atoms with Gasteiger partial charge in [0.2, 0.25) is 11.8 Å². The van der Waals surface area contributed by atoms with Crippen LogP contribution in [-0.2, 0) is 9.59 Å². The molecule has 1 aliphatic rings. The van der Waals surface area contributed by atoms with Crippen molar-refractivity contribution in [3.8, 4) is 0 Å². The van der Waals surface area contributed by atoms with Crippen LogP contribution in [0, 0.1) is 5.92 Å². The molecule has 1 saturated heterocycles. The van der Waals surface area contributed by atoms with Crippen LogP contribution in [0.5, 0.6) is 0 Å². The van der Waals surface area contributed by atoms with Gasteiger partial charge in [-0.25, -0.2) is 0 Å². The van der Waals surface area contributed by atoms with Crippen LogP contribution in [0.3, 0.4) is 0 Å². The summed E-state index contributed by atoms with van der Waals surface area (Å²) in [7, 11) is 0. The first-order chi connectivity index (χ1) is 12.0. The van der Waals surface area contributed by atoms with E-state index in [1.807, 2.05) is 30.3 Å². The molecule has 2 N–H and O–H groups in total. The Kier molecular flexibility index (Phi) is 5.51. The zero-order valence-corrected chi connectivity index (χ0v) is 16.1. The van der Waals surface area contributed by atoms with E-state index >= 15 is 0 Å². The van der Waals surface area contributed by atoms with Crippen molar-refractivity contribution in [3.63, 3.8) is 0 Å². The maximum absolute atomic E-state index is 12.9. The van der Waals surface area contributed by atoms with Gasteiger partial charge in [-0.05, 0) is 35.9 Å². The molecule has 2 aromatic carbocycles. The Morgan fingerprint density at radius 1 is 1.20 bits per heavy atom. The minimum atomic E-state index is -0.670. The molecule has 2 amide bonds. The van der Waals surface area contributed by atoms with Gasteiger partial charge in [0.1, 0.15) is 0 Å². The van der Waals surface area contributed by atoms with E-state index in [1.54, 1.807) is 18.2 Å². The Labute approximate surface area is 164 Å². The van der Waals surface area contributed by atoms with E-state index in [9.17, 15) is 9.59 Å². The van der Waals surface area contributed by atoms with Gasteiger partial charge in [-0.1, -0.05) is 57.9 Å². The molecule has 1 fully saturated rings.